The summed E-state index contributed by atoms with van der Waals surface area (Å²) in [6.45, 7) is -0.828. The molecule has 0 aromatic heterocycles. The number of para-hydroxylation sites is 1. The SMILES string of the molecule is O=C(COc1ccccc1Cc1ccccc1)NCC(=O)Nc1ccc(F)c(F)c1F. The predicted molar refractivity (Wildman–Crippen MR) is 109 cm³/mol. The van der Waals surface area contributed by atoms with Crippen molar-refractivity contribution in [3.8, 4) is 5.75 Å². The maximum atomic E-state index is 13.6. The number of amides is 2. The number of ether oxygens (including phenoxy) is 1. The summed E-state index contributed by atoms with van der Waals surface area (Å²) in [6, 6.07) is 18.6. The van der Waals surface area contributed by atoms with Crippen LogP contribution in [0.2, 0.25) is 0 Å². The van der Waals surface area contributed by atoms with Gasteiger partial charge in [0.15, 0.2) is 24.1 Å². The molecule has 0 bridgehead atoms. The van der Waals surface area contributed by atoms with Gasteiger partial charge in [-0.3, -0.25) is 9.59 Å². The minimum absolute atomic E-state index is 0.335. The smallest absolute Gasteiger partial charge is 0.258 e. The number of halogens is 3. The van der Waals surface area contributed by atoms with Crippen molar-refractivity contribution in [1.29, 1.82) is 0 Å². The molecule has 160 valence electrons. The first-order valence-electron chi connectivity index (χ1n) is 9.38. The van der Waals surface area contributed by atoms with Gasteiger partial charge in [0.2, 0.25) is 5.91 Å². The molecule has 0 saturated heterocycles. The Hall–Kier alpha value is -3.81. The first-order chi connectivity index (χ1) is 14.9. The number of benzene rings is 3. The summed E-state index contributed by atoms with van der Waals surface area (Å²) in [5.74, 6) is -5.41. The lowest BCUT2D eigenvalue weighted by Crippen LogP contribution is -2.36. The van der Waals surface area contributed by atoms with Gasteiger partial charge in [0.25, 0.3) is 5.91 Å². The largest absolute Gasteiger partial charge is 0.483 e. The molecule has 3 rings (SSSR count). The molecule has 5 nitrogen and oxygen atoms in total. The van der Waals surface area contributed by atoms with Crippen molar-refractivity contribution >= 4 is 17.5 Å². The number of carbonyl (C=O) groups is 2. The van der Waals surface area contributed by atoms with Crippen LogP contribution in [0.1, 0.15) is 11.1 Å². The van der Waals surface area contributed by atoms with E-state index in [9.17, 15) is 22.8 Å². The molecular weight excluding hydrogens is 409 g/mol. The third-order valence-electron chi connectivity index (χ3n) is 4.32. The maximum Gasteiger partial charge on any atom is 0.258 e. The van der Waals surface area contributed by atoms with Crippen LogP contribution in [-0.4, -0.2) is 25.0 Å². The Bertz CT molecular complexity index is 1070. The topological polar surface area (TPSA) is 67.4 Å². The second-order valence-corrected chi connectivity index (χ2v) is 6.61. The highest BCUT2D eigenvalue weighted by Gasteiger charge is 2.16. The van der Waals surface area contributed by atoms with Crippen molar-refractivity contribution in [1.82, 2.24) is 5.32 Å². The molecule has 0 atom stereocenters. The number of anilines is 1. The van der Waals surface area contributed by atoms with Gasteiger partial charge < -0.3 is 15.4 Å². The van der Waals surface area contributed by atoms with Gasteiger partial charge in [-0.1, -0.05) is 48.5 Å². The fraction of sp³-hybridized carbons (Fsp3) is 0.130. The molecule has 0 aliphatic carbocycles. The summed E-state index contributed by atoms with van der Waals surface area (Å²) in [5.41, 5.74) is 1.46. The number of carbonyl (C=O) groups excluding carboxylic acids is 2. The van der Waals surface area contributed by atoms with E-state index in [0.29, 0.717) is 18.2 Å². The van der Waals surface area contributed by atoms with E-state index in [-0.39, 0.29) is 6.61 Å². The van der Waals surface area contributed by atoms with Gasteiger partial charge in [-0.15, -0.1) is 0 Å². The van der Waals surface area contributed by atoms with Crippen molar-refractivity contribution in [2.24, 2.45) is 0 Å². The van der Waals surface area contributed by atoms with E-state index in [1.807, 2.05) is 42.5 Å². The predicted octanol–water partition coefficient (Wildman–Crippen LogP) is 3.83. The quantitative estimate of drug-likeness (QED) is 0.536. The van der Waals surface area contributed by atoms with E-state index in [1.165, 1.54) is 0 Å². The standard InChI is InChI=1S/C23H19F3N2O3/c24-17-10-11-18(23(26)22(17)25)28-20(29)13-27-21(30)14-31-19-9-5-4-8-16(19)12-15-6-2-1-3-7-15/h1-11H,12-14H2,(H,27,30)(H,28,29). The van der Waals surface area contributed by atoms with Crippen LogP contribution < -0.4 is 15.4 Å². The highest BCUT2D eigenvalue weighted by Crippen LogP contribution is 2.21. The minimum Gasteiger partial charge on any atom is -0.483 e. The number of hydrogen-bond donors (Lipinski definition) is 2. The molecule has 0 aliphatic rings. The van der Waals surface area contributed by atoms with E-state index in [4.69, 9.17) is 4.74 Å². The monoisotopic (exact) mass is 428 g/mol. The van der Waals surface area contributed by atoms with E-state index in [1.54, 1.807) is 12.1 Å². The van der Waals surface area contributed by atoms with Gasteiger partial charge in [0, 0.05) is 6.42 Å². The second kappa shape index (κ2) is 10.3. The first kappa shape index (κ1) is 21.9. The summed E-state index contributed by atoms with van der Waals surface area (Å²) in [4.78, 5) is 23.9. The Kier molecular flexibility index (Phi) is 7.26. The average Bonchev–Trinajstić information content (AvgIpc) is 2.78. The Morgan fingerprint density at radius 3 is 2.29 bits per heavy atom. The average molecular weight is 428 g/mol. The fourth-order valence-corrected chi connectivity index (χ4v) is 2.80. The Labute approximate surface area is 176 Å². The zero-order valence-electron chi connectivity index (χ0n) is 16.3. The first-order valence-corrected chi connectivity index (χ1v) is 9.38. The van der Waals surface area contributed by atoms with Crippen molar-refractivity contribution in [3.05, 3.63) is 95.3 Å². The van der Waals surface area contributed by atoms with Gasteiger partial charge in [0.1, 0.15) is 5.75 Å². The summed E-state index contributed by atoms with van der Waals surface area (Å²) >= 11 is 0. The molecular formula is C23H19F3N2O3. The fourth-order valence-electron chi connectivity index (χ4n) is 2.80. The lowest BCUT2D eigenvalue weighted by molar-refractivity contribution is -0.125. The molecule has 0 aliphatic heterocycles. The molecule has 31 heavy (non-hydrogen) atoms. The molecule has 0 fully saturated rings. The van der Waals surface area contributed by atoms with Crippen LogP contribution in [0.4, 0.5) is 18.9 Å². The molecule has 0 saturated carbocycles. The third kappa shape index (κ3) is 6.08. The van der Waals surface area contributed by atoms with E-state index < -0.39 is 41.5 Å². The van der Waals surface area contributed by atoms with Crippen LogP contribution in [0.3, 0.4) is 0 Å². The second-order valence-electron chi connectivity index (χ2n) is 6.61. The van der Waals surface area contributed by atoms with E-state index in [0.717, 1.165) is 17.2 Å². The van der Waals surface area contributed by atoms with Crippen LogP contribution in [0.25, 0.3) is 0 Å². The zero-order chi connectivity index (χ0) is 22.2. The molecule has 0 heterocycles. The molecule has 0 unspecified atom stereocenters. The summed E-state index contributed by atoms with van der Waals surface area (Å²) in [5, 5.41) is 4.39. The minimum atomic E-state index is -1.69. The molecule has 3 aromatic carbocycles. The third-order valence-corrected chi connectivity index (χ3v) is 4.32. The van der Waals surface area contributed by atoms with Crippen molar-refractivity contribution in [2.45, 2.75) is 6.42 Å². The number of rotatable bonds is 8. The van der Waals surface area contributed by atoms with Crippen LogP contribution in [0, 0.1) is 17.5 Å². The number of nitrogens with one attached hydrogen (secondary N) is 2. The summed E-state index contributed by atoms with van der Waals surface area (Å²) in [7, 11) is 0. The Balaban J connectivity index is 1.50. The van der Waals surface area contributed by atoms with Crippen LogP contribution >= 0.6 is 0 Å². The van der Waals surface area contributed by atoms with Crippen molar-refractivity contribution in [3.63, 3.8) is 0 Å². The van der Waals surface area contributed by atoms with Crippen molar-refractivity contribution in [2.75, 3.05) is 18.5 Å². The highest BCUT2D eigenvalue weighted by molar-refractivity contribution is 5.94. The Morgan fingerprint density at radius 1 is 0.806 bits per heavy atom. The summed E-state index contributed by atoms with van der Waals surface area (Å²) in [6.07, 6.45) is 0.626. The lowest BCUT2D eigenvalue weighted by atomic mass is 10.0. The van der Waals surface area contributed by atoms with Crippen molar-refractivity contribution < 1.29 is 27.5 Å². The van der Waals surface area contributed by atoms with Crippen LogP contribution in [-0.2, 0) is 16.0 Å². The van der Waals surface area contributed by atoms with Gasteiger partial charge in [-0.2, -0.15) is 0 Å². The highest BCUT2D eigenvalue weighted by atomic mass is 19.2. The van der Waals surface area contributed by atoms with Gasteiger partial charge in [-0.25, -0.2) is 13.2 Å². The van der Waals surface area contributed by atoms with Crippen LogP contribution in [0.15, 0.2) is 66.7 Å². The normalized spacial score (nSPS) is 10.4. The Morgan fingerprint density at radius 2 is 1.52 bits per heavy atom. The molecule has 3 aromatic rings. The molecule has 0 spiro atoms. The molecule has 0 radical (unpaired) electrons. The maximum absolute atomic E-state index is 13.6. The van der Waals surface area contributed by atoms with E-state index >= 15 is 0 Å². The van der Waals surface area contributed by atoms with Gasteiger partial charge in [-0.05, 0) is 29.3 Å². The molecule has 2 amide bonds. The molecule has 8 heteroatoms. The summed E-state index contributed by atoms with van der Waals surface area (Å²) < 4.78 is 45.3. The van der Waals surface area contributed by atoms with E-state index in [2.05, 4.69) is 10.6 Å². The molecule has 2 N–H and O–H groups in total. The lowest BCUT2D eigenvalue weighted by Gasteiger charge is -2.12. The zero-order valence-corrected chi connectivity index (χ0v) is 16.3. The van der Waals surface area contributed by atoms with Gasteiger partial charge in [0.05, 0.1) is 12.2 Å². The van der Waals surface area contributed by atoms with Gasteiger partial charge >= 0.3 is 0 Å². The van der Waals surface area contributed by atoms with Crippen LogP contribution in [0.5, 0.6) is 5.75 Å². The number of hydrogen-bond acceptors (Lipinski definition) is 3.